The Hall–Kier alpha value is -2.65. The lowest BCUT2D eigenvalue weighted by Gasteiger charge is -2.51. The topological polar surface area (TPSA) is 75.7 Å². The maximum absolute atomic E-state index is 13.3. The molecule has 2 aliphatic rings. The number of methoxy groups -OCH3 is 3. The molecule has 0 saturated carbocycles. The molecule has 0 spiro atoms. The molecule has 8 nitrogen and oxygen atoms in total. The van der Waals surface area contributed by atoms with E-state index in [1.54, 1.807) is 26.2 Å². The van der Waals surface area contributed by atoms with E-state index in [0.717, 1.165) is 0 Å². The third kappa shape index (κ3) is 4.19. The number of hydrogen-bond donors (Lipinski definition) is 0. The van der Waals surface area contributed by atoms with E-state index >= 15 is 0 Å². The van der Waals surface area contributed by atoms with E-state index in [4.69, 9.17) is 28.4 Å². The molecule has 2 saturated heterocycles. The summed E-state index contributed by atoms with van der Waals surface area (Å²) in [5, 5.41) is 0. The van der Waals surface area contributed by atoms with Crippen molar-refractivity contribution < 1.29 is 33.2 Å². The summed E-state index contributed by atoms with van der Waals surface area (Å²) in [6, 6.07) is 16.0. The molecule has 2 fully saturated rings. The highest BCUT2D eigenvalue weighted by Crippen LogP contribution is 2.43. The van der Waals surface area contributed by atoms with Crippen LogP contribution in [-0.2, 0) is 23.7 Å². The van der Waals surface area contributed by atoms with Crippen molar-refractivity contribution in [3.63, 3.8) is 0 Å². The zero-order valence-corrected chi connectivity index (χ0v) is 18.7. The molecule has 0 aromatic heterocycles. The summed E-state index contributed by atoms with van der Waals surface area (Å²) >= 11 is 0. The molecule has 8 heteroatoms. The van der Waals surface area contributed by atoms with Crippen molar-refractivity contribution in [2.45, 2.75) is 37.1 Å². The van der Waals surface area contributed by atoms with Crippen LogP contribution in [0.3, 0.4) is 0 Å². The fourth-order valence-corrected chi connectivity index (χ4v) is 4.29. The number of para-hydroxylation sites is 1. The van der Waals surface area contributed by atoms with E-state index in [0.29, 0.717) is 30.4 Å². The molecule has 0 bridgehead atoms. The van der Waals surface area contributed by atoms with Gasteiger partial charge in [0.1, 0.15) is 29.7 Å². The van der Waals surface area contributed by atoms with Crippen molar-refractivity contribution in [3.05, 3.63) is 54.6 Å². The van der Waals surface area contributed by atoms with Gasteiger partial charge in [0, 0.05) is 19.9 Å². The molecule has 2 aromatic rings. The molecule has 2 heterocycles. The third-order valence-corrected chi connectivity index (χ3v) is 5.79. The van der Waals surface area contributed by atoms with Crippen molar-refractivity contribution in [1.82, 2.24) is 0 Å². The molecule has 0 radical (unpaired) electrons. The Morgan fingerprint density at radius 1 is 0.875 bits per heavy atom. The van der Waals surface area contributed by atoms with Gasteiger partial charge >= 0.3 is 0 Å². The Bertz CT molecular complexity index is 890. The molecule has 0 unspecified atom stereocenters. The lowest BCUT2D eigenvalue weighted by atomic mass is 9.89. The predicted octanol–water partition coefficient (Wildman–Crippen LogP) is 2.65. The summed E-state index contributed by atoms with van der Waals surface area (Å²) in [6.07, 6.45) is -1.44. The SMILES string of the molecule is COC[C@@H]1OC(C)([C@@H]2[C@@H](Oc3ccccc3)C(=O)N2c2ccc(OC)cc2)O[C@H]1COC. The van der Waals surface area contributed by atoms with Crippen molar-refractivity contribution in [3.8, 4) is 11.5 Å². The average Bonchev–Trinajstić information content (AvgIpc) is 3.12. The Morgan fingerprint density at radius 3 is 2.00 bits per heavy atom. The number of ether oxygens (including phenoxy) is 6. The quantitative estimate of drug-likeness (QED) is 0.552. The fourth-order valence-electron chi connectivity index (χ4n) is 4.29. The number of anilines is 1. The summed E-state index contributed by atoms with van der Waals surface area (Å²) in [6.45, 7) is 2.52. The molecule has 1 amide bonds. The molecular weight excluding hydrogens is 414 g/mol. The second kappa shape index (κ2) is 9.46. The maximum atomic E-state index is 13.3. The van der Waals surface area contributed by atoms with Crippen LogP contribution in [0.1, 0.15) is 6.92 Å². The fraction of sp³-hybridized carbons (Fsp3) is 0.458. The molecule has 32 heavy (non-hydrogen) atoms. The van der Waals surface area contributed by atoms with Gasteiger partial charge in [-0.1, -0.05) is 18.2 Å². The van der Waals surface area contributed by atoms with Crippen molar-refractivity contribution in [2.24, 2.45) is 0 Å². The summed E-state index contributed by atoms with van der Waals surface area (Å²) in [4.78, 5) is 14.9. The maximum Gasteiger partial charge on any atom is 0.271 e. The van der Waals surface area contributed by atoms with Crippen LogP contribution in [0.5, 0.6) is 11.5 Å². The average molecular weight is 443 g/mol. The van der Waals surface area contributed by atoms with Gasteiger partial charge in [-0.3, -0.25) is 9.69 Å². The lowest BCUT2D eigenvalue weighted by molar-refractivity contribution is -0.209. The molecule has 0 N–H and O–H groups in total. The van der Waals surface area contributed by atoms with Gasteiger partial charge in [-0.15, -0.1) is 0 Å². The van der Waals surface area contributed by atoms with Crippen molar-refractivity contribution in [1.29, 1.82) is 0 Å². The highest BCUT2D eigenvalue weighted by Gasteiger charge is 2.64. The smallest absolute Gasteiger partial charge is 0.271 e. The first-order valence-corrected chi connectivity index (χ1v) is 10.5. The predicted molar refractivity (Wildman–Crippen MR) is 117 cm³/mol. The number of benzene rings is 2. The minimum absolute atomic E-state index is 0.170. The van der Waals surface area contributed by atoms with E-state index in [2.05, 4.69) is 0 Å². The number of amides is 1. The first kappa shape index (κ1) is 22.5. The van der Waals surface area contributed by atoms with Gasteiger partial charge in [0.2, 0.25) is 6.10 Å². The van der Waals surface area contributed by atoms with Gasteiger partial charge in [-0.25, -0.2) is 0 Å². The van der Waals surface area contributed by atoms with Crippen LogP contribution in [0, 0.1) is 0 Å². The first-order valence-electron chi connectivity index (χ1n) is 10.5. The summed E-state index contributed by atoms with van der Waals surface area (Å²) in [5.74, 6) is 0.0135. The van der Waals surface area contributed by atoms with Gasteiger partial charge in [-0.2, -0.15) is 0 Å². The lowest BCUT2D eigenvalue weighted by Crippen LogP contribution is -2.75. The molecule has 0 aliphatic carbocycles. The number of hydrogen-bond acceptors (Lipinski definition) is 7. The summed E-state index contributed by atoms with van der Waals surface area (Å²) < 4.78 is 34.7. The molecule has 4 rings (SSSR count). The van der Waals surface area contributed by atoms with E-state index < -0.39 is 17.9 Å². The largest absolute Gasteiger partial charge is 0.497 e. The number of β-lactam (4-membered cyclic amide) rings is 1. The van der Waals surface area contributed by atoms with Crippen LogP contribution in [0.2, 0.25) is 0 Å². The standard InChI is InChI=1S/C24H29NO7/c1-24(31-19(14-27-2)20(32-24)15-28-3)22-21(30-18-8-6-5-7-9-18)23(26)25(22)16-10-12-17(29-4)13-11-16/h5-13,19-22H,14-15H2,1-4H3/t19-,20-,21+,22-/m0/s1. The van der Waals surface area contributed by atoms with E-state index in [9.17, 15) is 4.79 Å². The van der Waals surface area contributed by atoms with Gasteiger partial charge in [0.25, 0.3) is 5.91 Å². The van der Waals surface area contributed by atoms with Gasteiger partial charge in [-0.05, 0) is 43.3 Å². The number of rotatable bonds is 9. The molecular formula is C24H29NO7. The highest BCUT2D eigenvalue weighted by molar-refractivity contribution is 6.05. The number of carbonyl (C=O) groups excluding carboxylic acids is 1. The molecule has 2 aromatic carbocycles. The summed E-state index contributed by atoms with van der Waals surface area (Å²) in [5.41, 5.74) is 0.709. The van der Waals surface area contributed by atoms with Crippen molar-refractivity contribution >= 4 is 11.6 Å². The molecule has 172 valence electrons. The van der Waals surface area contributed by atoms with E-state index in [1.165, 1.54) is 0 Å². The Kier molecular flexibility index (Phi) is 6.66. The number of carbonyl (C=O) groups is 1. The Labute approximate surface area is 187 Å². The van der Waals surface area contributed by atoms with Crippen LogP contribution in [0.25, 0.3) is 0 Å². The van der Waals surface area contributed by atoms with E-state index in [1.807, 2.05) is 61.5 Å². The van der Waals surface area contributed by atoms with Crippen LogP contribution < -0.4 is 14.4 Å². The molecule has 2 aliphatic heterocycles. The second-order valence-corrected chi connectivity index (χ2v) is 7.94. The third-order valence-electron chi connectivity index (χ3n) is 5.79. The zero-order valence-electron chi connectivity index (χ0n) is 18.7. The van der Waals surface area contributed by atoms with Crippen LogP contribution in [0.15, 0.2) is 54.6 Å². The zero-order chi connectivity index (χ0) is 22.7. The first-order chi connectivity index (χ1) is 15.5. The Morgan fingerprint density at radius 2 is 1.47 bits per heavy atom. The minimum Gasteiger partial charge on any atom is -0.497 e. The Balaban J connectivity index is 1.65. The summed E-state index contributed by atoms with van der Waals surface area (Å²) in [7, 11) is 4.82. The van der Waals surface area contributed by atoms with E-state index in [-0.39, 0.29) is 18.1 Å². The van der Waals surface area contributed by atoms with Gasteiger partial charge in [0.05, 0.1) is 20.3 Å². The highest BCUT2D eigenvalue weighted by atomic mass is 16.8. The van der Waals surface area contributed by atoms with Crippen LogP contribution >= 0.6 is 0 Å². The van der Waals surface area contributed by atoms with Crippen LogP contribution in [0.4, 0.5) is 5.69 Å². The minimum atomic E-state index is -1.13. The molecule has 4 atom stereocenters. The van der Waals surface area contributed by atoms with Gasteiger partial charge < -0.3 is 28.4 Å². The van der Waals surface area contributed by atoms with Crippen LogP contribution in [-0.4, -0.2) is 70.6 Å². The normalized spacial score (nSPS) is 26.6. The second-order valence-electron chi connectivity index (χ2n) is 7.94. The number of nitrogens with zero attached hydrogens (tertiary/aromatic N) is 1. The van der Waals surface area contributed by atoms with Gasteiger partial charge in [0.15, 0.2) is 5.79 Å². The van der Waals surface area contributed by atoms with Crippen molar-refractivity contribution in [2.75, 3.05) is 39.4 Å². The monoisotopic (exact) mass is 443 g/mol.